The summed E-state index contributed by atoms with van der Waals surface area (Å²) in [6.07, 6.45) is 0. The summed E-state index contributed by atoms with van der Waals surface area (Å²) in [5.74, 6) is 0. The van der Waals surface area contributed by atoms with Crippen LogP contribution in [0.1, 0.15) is 0 Å². The molecule has 4 nitrogen and oxygen atoms in total. The van der Waals surface area contributed by atoms with Crippen LogP contribution >= 0.6 is 0 Å². The summed E-state index contributed by atoms with van der Waals surface area (Å²) in [6, 6.07) is -0.845. The van der Waals surface area contributed by atoms with E-state index >= 15 is 0 Å². The second-order valence-electron chi connectivity index (χ2n) is 0.985. The number of hydrogen-bond donors (Lipinski definition) is 0. The van der Waals surface area contributed by atoms with Gasteiger partial charge in [0, 0.05) is 7.05 Å². The van der Waals surface area contributed by atoms with Crippen molar-refractivity contribution in [1.29, 1.82) is 0 Å². The summed E-state index contributed by atoms with van der Waals surface area (Å²) >= 11 is 0. The van der Waals surface area contributed by atoms with E-state index in [0.717, 1.165) is 5.06 Å². The summed E-state index contributed by atoms with van der Waals surface area (Å²) < 4.78 is 0. The first-order valence-corrected chi connectivity index (χ1v) is 1.72. The lowest BCUT2D eigenvalue weighted by Gasteiger charge is -2.06. The minimum Gasteiger partial charge on any atom is -0.273 e. The van der Waals surface area contributed by atoms with Crippen LogP contribution in [-0.4, -0.2) is 25.3 Å². The van der Waals surface area contributed by atoms with E-state index in [1.165, 1.54) is 14.2 Å². The van der Waals surface area contributed by atoms with Crippen LogP contribution in [0.3, 0.4) is 0 Å². The number of hydrogen-bond acceptors (Lipinski definition) is 2. The highest BCUT2D eigenvalue weighted by Gasteiger charge is 1.97. The molecule has 0 spiro atoms. The van der Waals surface area contributed by atoms with Gasteiger partial charge in [0.15, 0.2) is 0 Å². The smallest absolute Gasteiger partial charge is 0.273 e. The van der Waals surface area contributed by atoms with E-state index < -0.39 is 6.03 Å². The zero-order valence-corrected chi connectivity index (χ0v) is 4.26. The van der Waals surface area contributed by atoms with Gasteiger partial charge in [0.1, 0.15) is 0 Å². The minimum absolute atomic E-state index is 0.819. The van der Waals surface area contributed by atoms with Crippen LogP contribution in [0, 0.1) is 0 Å². The SMILES string of the molecule is CON(C)C([NH])=O. The molecule has 0 unspecified atom stereocenters. The molecule has 0 aromatic rings. The van der Waals surface area contributed by atoms with Crippen LogP contribution in [0.4, 0.5) is 4.79 Å². The van der Waals surface area contributed by atoms with Crippen molar-refractivity contribution in [3.05, 3.63) is 0 Å². The standard InChI is InChI=1S/C3H7N2O2/c1-5(7-2)3(4)6/h4H,1-2H3. The molecule has 0 aliphatic carbocycles. The molecule has 0 aromatic carbocycles. The van der Waals surface area contributed by atoms with Crippen molar-refractivity contribution in [1.82, 2.24) is 10.8 Å². The van der Waals surface area contributed by atoms with Crippen molar-refractivity contribution in [2.75, 3.05) is 14.2 Å². The number of nitrogens with one attached hydrogen (secondary N) is 1. The molecule has 7 heavy (non-hydrogen) atoms. The third-order valence-electron chi connectivity index (χ3n) is 0.560. The first-order chi connectivity index (χ1) is 3.18. The van der Waals surface area contributed by atoms with Gasteiger partial charge in [0.05, 0.1) is 7.11 Å². The molecule has 0 atom stereocenters. The summed E-state index contributed by atoms with van der Waals surface area (Å²) in [6.45, 7) is 0. The van der Waals surface area contributed by atoms with E-state index in [-0.39, 0.29) is 0 Å². The maximum atomic E-state index is 9.84. The molecule has 2 amide bonds. The lowest BCUT2D eigenvalue weighted by atomic mass is 11.0. The first kappa shape index (κ1) is 6.23. The van der Waals surface area contributed by atoms with E-state index in [4.69, 9.17) is 5.73 Å². The van der Waals surface area contributed by atoms with Gasteiger partial charge in [-0.2, -0.15) is 0 Å². The molecule has 0 saturated heterocycles. The van der Waals surface area contributed by atoms with Crippen LogP contribution in [0.15, 0.2) is 0 Å². The van der Waals surface area contributed by atoms with Gasteiger partial charge in [-0.25, -0.2) is 15.6 Å². The normalized spacial score (nSPS) is 8.29. The molecule has 0 fully saturated rings. The quantitative estimate of drug-likeness (QED) is 0.434. The molecule has 0 bridgehead atoms. The van der Waals surface area contributed by atoms with Crippen molar-refractivity contribution in [3.8, 4) is 0 Å². The molecule has 4 heteroatoms. The van der Waals surface area contributed by atoms with Crippen LogP contribution in [0.2, 0.25) is 0 Å². The molecule has 0 aliphatic heterocycles. The minimum atomic E-state index is -0.845. The third-order valence-corrected chi connectivity index (χ3v) is 0.560. The largest absolute Gasteiger partial charge is 0.359 e. The molecule has 1 N–H and O–H groups in total. The average Bonchev–Trinajstić information content (AvgIpc) is 1.65. The summed E-state index contributed by atoms with van der Waals surface area (Å²) in [7, 11) is 2.70. The maximum Gasteiger partial charge on any atom is 0.359 e. The number of amides is 2. The van der Waals surface area contributed by atoms with Crippen molar-refractivity contribution >= 4 is 6.03 Å². The number of rotatable bonds is 1. The van der Waals surface area contributed by atoms with E-state index in [2.05, 4.69) is 4.84 Å². The highest BCUT2D eigenvalue weighted by Crippen LogP contribution is 1.77. The van der Waals surface area contributed by atoms with E-state index in [1.54, 1.807) is 0 Å². The number of carbonyl (C=O) groups is 1. The second kappa shape index (κ2) is 2.41. The zero-order valence-electron chi connectivity index (χ0n) is 4.26. The lowest BCUT2D eigenvalue weighted by molar-refractivity contribution is -0.0622. The van der Waals surface area contributed by atoms with Crippen LogP contribution in [-0.2, 0) is 4.84 Å². The predicted octanol–water partition coefficient (Wildman–Crippen LogP) is -0.117. The number of urea groups is 1. The van der Waals surface area contributed by atoms with Gasteiger partial charge in [0.2, 0.25) is 0 Å². The number of carbonyl (C=O) groups excluding carboxylic acids is 1. The molecule has 0 rings (SSSR count). The van der Waals surface area contributed by atoms with E-state index in [9.17, 15) is 4.79 Å². The lowest BCUT2D eigenvalue weighted by Crippen LogP contribution is -2.24. The fourth-order valence-corrected chi connectivity index (χ4v) is 0.0829. The predicted molar refractivity (Wildman–Crippen MR) is 23.3 cm³/mol. The Kier molecular flexibility index (Phi) is 2.15. The van der Waals surface area contributed by atoms with Gasteiger partial charge in [-0.3, -0.25) is 4.84 Å². The zero-order chi connectivity index (χ0) is 5.86. The molecular formula is C3H7N2O2. The highest BCUT2D eigenvalue weighted by atomic mass is 16.7. The summed E-state index contributed by atoms with van der Waals surface area (Å²) in [5, 5.41) is 0.819. The third kappa shape index (κ3) is 1.99. The molecule has 0 heterocycles. The Morgan fingerprint density at radius 3 is 2.29 bits per heavy atom. The Balaban J connectivity index is 3.34. The number of hydroxylamine groups is 2. The topological polar surface area (TPSA) is 53.3 Å². The average molecular weight is 103 g/mol. The Bertz CT molecular complexity index is 73.3. The summed E-state index contributed by atoms with van der Waals surface area (Å²) in [5.41, 5.74) is 6.35. The van der Waals surface area contributed by atoms with Crippen LogP contribution in [0.5, 0.6) is 0 Å². The van der Waals surface area contributed by atoms with E-state index in [1.807, 2.05) is 0 Å². The van der Waals surface area contributed by atoms with Gasteiger partial charge in [-0.05, 0) is 0 Å². The van der Waals surface area contributed by atoms with Crippen LogP contribution < -0.4 is 5.73 Å². The number of nitrogens with zero attached hydrogens (tertiary/aromatic N) is 1. The van der Waals surface area contributed by atoms with Crippen molar-refractivity contribution < 1.29 is 9.63 Å². The van der Waals surface area contributed by atoms with Crippen molar-refractivity contribution in [2.24, 2.45) is 0 Å². The Hall–Kier alpha value is -0.770. The monoisotopic (exact) mass is 103 g/mol. The van der Waals surface area contributed by atoms with Gasteiger partial charge < -0.3 is 0 Å². The fourth-order valence-electron chi connectivity index (χ4n) is 0.0829. The van der Waals surface area contributed by atoms with Gasteiger partial charge in [-0.15, -0.1) is 0 Å². The summed E-state index contributed by atoms with van der Waals surface area (Å²) in [4.78, 5) is 14.2. The molecule has 41 valence electrons. The maximum absolute atomic E-state index is 9.84. The van der Waals surface area contributed by atoms with Crippen molar-refractivity contribution in [2.45, 2.75) is 0 Å². The van der Waals surface area contributed by atoms with E-state index in [0.29, 0.717) is 0 Å². The Morgan fingerprint density at radius 2 is 2.29 bits per heavy atom. The van der Waals surface area contributed by atoms with Crippen LogP contribution in [0.25, 0.3) is 0 Å². The van der Waals surface area contributed by atoms with Gasteiger partial charge >= 0.3 is 6.03 Å². The fraction of sp³-hybridized carbons (Fsp3) is 0.667. The molecule has 0 aromatic heterocycles. The molecule has 0 aliphatic rings. The second-order valence-corrected chi connectivity index (χ2v) is 0.985. The van der Waals surface area contributed by atoms with Crippen molar-refractivity contribution in [3.63, 3.8) is 0 Å². The molecular weight excluding hydrogens is 96.0 g/mol. The Labute approximate surface area is 41.8 Å². The van der Waals surface area contributed by atoms with Gasteiger partial charge in [-0.1, -0.05) is 0 Å². The highest BCUT2D eigenvalue weighted by molar-refractivity contribution is 5.69. The van der Waals surface area contributed by atoms with Gasteiger partial charge in [0.25, 0.3) is 0 Å². The molecule has 1 radical (unpaired) electrons. The Morgan fingerprint density at radius 1 is 1.86 bits per heavy atom. The molecule has 0 saturated carbocycles. The first-order valence-electron chi connectivity index (χ1n) is 1.72.